The van der Waals surface area contributed by atoms with E-state index in [1.165, 1.54) is 5.32 Å². The number of hydrogen-bond donors (Lipinski definition) is 2. The van der Waals surface area contributed by atoms with Gasteiger partial charge in [-0.2, -0.15) is 13.2 Å². The van der Waals surface area contributed by atoms with Crippen molar-refractivity contribution in [3.63, 3.8) is 0 Å². The van der Waals surface area contributed by atoms with Crippen LogP contribution >= 0.6 is 0 Å². The Bertz CT molecular complexity index is 355. The van der Waals surface area contributed by atoms with Crippen LogP contribution in [0, 0.1) is 0 Å². The summed E-state index contributed by atoms with van der Waals surface area (Å²) in [7, 11) is 0. The summed E-state index contributed by atoms with van der Waals surface area (Å²) in [6.45, 7) is 1.10. The molecular weight excluding hydrogens is 295 g/mol. The van der Waals surface area contributed by atoms with Crippen LogP contribution in [0.2, 0.25) is 0 Å². The van der Waals surface area contributed by atoms with Crippen molar-refractivity contribution >= 4 is 11.9 Å². The Balaban J connectivity index is 2.21. The Morgan fingerprint density at radius 2 is 1.81 bits per heavy atom. The van der Waals surface area contributed by atoms with Gasteiger partial charge in [-0.1, -0.05) is 12.8 Å². The Morgan fingerprint density at radius 3 is 2.33 bits per heavy atom. The minimum Gasteiger partial charge on any atom is -0.480 e. The number of rotatable bonds is 8. The topological polar surface area (TPSA) is 84.9 Å². The van der Waals surface area contributed by atoms with Crippen molar-refractivity contribution in [2.75, 3.05) is 13.2 Å². The standard InChI is InChI=1S/C12H18F3NO5/c13-12(14,15)11(19)16-8(10(17)18)4-2-1-3-5-9-20-6-7-21-9/h8-9H,1-7H2,(H,16,19)(H,17,18). The molecule has 0 aromatic carbocycles. The first kappa shape index (κ1) is 17.7. The number of carboxylic acids is 1. The molecule has 1 saturated heterocycles. The van der Waals surface area contributed by atoms with Crippen LogP contribution in [0.15, 0.2) is 0 Å². The third-order valence-electron chi connectivity index (χ3n) is 2.98. The van der Waals surface area contributed by atoms with Gasteiger partial charge in [-0.05, 0) is 19.3 Å². The van der Waals surface area contributed by atoms with Gasteiger partial charge in [0, 0.05) is 0 Å². The van der Waals surface area contributed by atoms with E-state index in [0.29, 0.717) is 38.9 Å². The minimum absolute atomic E-state index is 0.0520. The molecule has 1 atom stereocenters. The van der Waals surface area contributed by atoms with Crippen LogP contribution in [-0.4, -0.2) is 48.7 Å². The average molecular weight is 313 g/mol. The zero-order valence-corrected chi connectivity index (χ0v) is 11.3. The fourth-order valence-electron chi connectivity index (χ4n) is 1.91. The third-order valence-corrected chi connectivity index (χ3v) is 2.98. The van der Waals surface area contributed by atoms with Crippen molar-refractivity contribution in [1.82, 2.24) is 5.32 Å². The molecule has 1 rings (SSSR count). The summed E-state index contributed by atoms with van der Waals surface area (Å²) < 4.78 is 46.6. The van der Waals surface area contributed by atoms with Crippen molar-refractivity contribution in [2.45, 2.75) is 50.6 Å². The second-order valence-corrected chi connectivity index (χ2v) is 4.67. The summed E-state index contributed by atoms with van der Waals surface area (Å²) in [5.74, 6) is -3.71. The van der Waals surface area contributed by atoms with Gasteiger partial charge in [0.1, 0.15) is 6.04 Å². The first-order valence-corrected chi connectivity index (χ1v) is 6.64. The van der Waals surface area contributed by atoms with Crippen molar-refractivity contribution in [1.29, 1.82) is 0 Å². The molecule has 0 radical (unpaired) electrons. The number of halogens is 3. The van der Waals surface area contributed by atoms with Crippen LogP contribution < -0.4 is 5.32 Å². The highest BCUT2D eigenvalue weighted by molar-refractivity contribution is 5.86. The zero-order valence-electron chi connectivity index (χ0n) is 11.3. The molecule has 0 aromatic rings. The van der Waals surface area contributed by atoms with Gasteiger partial charge in [0.25, 0.3) is 0 Å². The molecule has 1 fully saturated rings. The smallest absolute Gasteiger partial charge is 0.471 e. The number of alkyl halides is 3. The van der Waals surface area contributed by atoms with Gasteiger partial charge in [-0.3, -0.25) is 4.79 Å². The quantitative estimate of drug-likeness (QED) is 0.662. The molecular formula is C12H18F3NO5. The number of carbonyl (C=O) groups is 2. The van der Waals surface area contributed by atoms with E-state index in [9.17, 15) is 22.8 Å². The number of carbonyl (C=O) groups excluding carboxylic acids is 1. The zero-order chi connectivity index (χ0) is 15.9. The lowest BCUT2D eigenvalue weighted by Crippen LogP contribution is -2.46. The second kappa shape index (κ2) is 8.18. The van der Waals surface area contributed by atoms with Crippen LogP contribution in [0.1, 0.15) is 32.1 Å². The molecule has 0 saturated carbocycles. The van der Waals surface area contributed by atoms with E-state index in [1.807, 2.05) is 0 Å². The number of amides is 1. The molecule has 1 heterocycles. The monoisotopic (exact) mass is 313 g/mol. The maximum absolute atomic E-state index is 12.1. The number of carboxylic acid groups (broad SMARTS) is 1. The lowest BCUT2D eigenvalue weighted by atomic mass is 10.1. The molecule has 1 aliphatic rings. The third kappa shape index (κ3) is 6.76. The van der Waals surface area contributed by atoms with Crippen molar-refractivity contribution in [2.24, 2.45) is 0 Å². The summed E-state index contributed by atoms with van der Waals surface area (Å²) in [6, 6.07) is -1.53. The largest absolute Gasteiger partial charge is 0.480 e. The molecule has 6 nitrogen and oxygen atoms in total. The van der Waals surface area contributed by atoms with Gasteiger partial charge in [-0.25, -0.2) is 4.79 Å². The van der Waals surface area contributed by atoms with Crippen molar-refractivity contribution < 1.29 is 37.3 Å². The molecule has 0 aliphatic carbocycles. The molecule has 1 amide bonds. The highest BCUT2D eigenvalue weighted by atomic mass is 19.4. The molecule has 1 aliphatic heterocycles. The summed E-state index contributed by atoms with van der Waals surface area (Å²) in [5.41, 5.74) is 0. The van der Waals surface area contributed by atoms with Gasteiger partial charge < -0.3 is 19.9 Å². The fraction of sp³-hybridized carbons (Fsp3) is 0.833. The number of aliphatic carboxylic acids is 1. The van der Waals surface area contributed by atoms with Crippen LogP contribution in [-0.2, 0) is 19.1 Å². The normalized spacial score (nSPS) is 17.7. The van der Waals surface area contributed by atoms with E-state index in [-0.39, 0.29) is 12.7 Å². The van der Waals surface area contributed by atoms with Gasteiger partial charge in [0.15, 0.2) is 6.29 Å². The summed E-state index contributed by atoms with van der Waals surface area (Å²) >= 11 is 0. The molecule has 9 heteroatoms. The van der Waals surface area contributed by atoms with Crippen LogP contribution in [0.3, 0.4) is 0 Å². The average Bonchev–Trinajstić information content (AvgIpc) is 2.88. The second-order valence-electron chi connectivity index (χ2n) is 4.67. The Labute approximate surface area is 119 Å². The summed E-state index contributed by atoms with van der Waals surface area (Å²) in [4.78, 5) is 21.5. The van der Waals surface area contributed by atoms with Crippen molar-refractivity contribution in [3.8, 4) is 0 Å². The maximum Gasteiger partial charge on any atom is 0.471 e. The van der Waals surface area contributed by atoms with Crippen LogP contribution in [0.25, 0.3) is 0 Å². The van der Waals surface area contributed by atoms with Crippen molar-refractivity contribution in [3.05, 3.63) is 0 Å². The van der Waals surface area contributed by atoms with Gasteiger partial charge in [0.05, 0.1) is 13.2 Å². The first-order chi connectivity index (χ1) is 9.80. The fourth-order valence-corrected chi connectivity index (χ4v) is 1.91. The molecule has 2 N–H and O–H groups in total. The van der Waals surface area contributed by atoms with Crippen LogP contribution in [0.5, 0.6) is 0 Å². The number of unbranched alkanes of at least 4 members (excludes halogenated alkanes) is 2. The number of nitrogens with one attached hydrogen (secondary N) is 1. The molecule has 21 heavy (non-hydrogen) atoms. The lowest BCUT2D eigenvalue weighted by Gasteiger charge is -2.15. The first-order valence-electron chi connectivity index (χ1n) is 6.64. The summed E-state index contributed by atoms with van der Waals surface area (Å²) in [5, 5.41) is 10.3. The van der Waals surface area contributed by atoms with Gasteiger partial charge in [-0.15, -0.1) is 0 Å². The van der Waals surface area contributed by atoms with E-state index in [1.54, 1.807) is 0 Å². The van der Waals surface area contributed by atoms with E-state index in [4.69, 9.17) is 14.6 Å². The summed E-state index contributed by atoms with van der Waals surface area (Å²) in [6.07, 6.45) is -2.99. The molecule has 0 spiro atoms. The Kier molecular flexibility index (Phi) is 6.90. The Hall–Kier alpha value is -1.35. The maximum atomic E-state index is 12.1. The van der Waals surface area contributed by atoms with Gasteiger partial charge in [0.2, 0.25) is 0 Å². The predicted octanol–water partition coefficient (Wildman–Crippen LogP) is 1.44. The Morgan fingerprint density at radius 1 is 1.19 bits per heavy atom. The highest BCUT2D eigenvalue weighted by Crippen LogP contribution is 2.16. The van der Waals surface area contributed by atoms with Crippen LogP contribution in [0.4, 0.5) is 13.2 Å². The predicted molar refractivity (Wildman–Crippen MR) is 64.4 cm³/mol. The van der Waals surface area contributed by atoms with E-state index >= 15 is 0 Å². The van der Waals surface area contributed by atoms with E-state index in [0.717, 1.165) is 0 Å². The SMILES string of the molecule is O=C(O)C(CCCCCC1OCCO1)NC(=O)C(F)(F)F. The minimum atomic E-state index is -5.08. The van der Waals surface area contributed by atoms with E-state index < -0.39 is 24.1 Å². The molecule has 1 unspecified atom stereocenters. The number of ether oxygens (including phenoxy) is 2. The highest BCUT2D eigenvalue weighted by Gasteiger charge is 2.40. The van der Waals surface area contributed by atoms with Gasteiger partial charge >= 0.3 is 18.1 Å². The van der Waals surface area contributed by atoms with E-state index in [2.05, 4.69) is 0 Å². The molecule has 0 bridgehead atoms. The molecule has 122 valence electrons. The molecule has 0 aromatic heterocycles. The number of hydrogen-bond acceptors (Lipinski definition) is 4. The lowest BCUT2D eigenvalue weighted by molar-refractivity contribution is -0.175.